The molecule has 0 aliphatic heterocycles. The van der Waals surface area contributed by atoms with Crippen molar-refractivity contribution >= 4 is 25.5 Å². The molecule has 4 rings (SSSR count). The summed E-state index contributed by atoms with van der Waals surface area (Å²) in [4.78, 5) is 13.1. The van der Waals surface area contributed by atoms with Crippen LogP contribution in [0.25, 0.3) is 11.3 Å². The molecular weight excluding hydrogens is 473 g/mol. The third kappa shape index (κ3) is 7.43. The summed E-state index contributed by atoms with van der Waals surface area (Å²) in [6.45, 7) is 10.2. The molecule has 0 bridgehead atoms. The van der Waals surface area contributed by atoms with Gasteiger partial charge in [-0.1, -0.05) is 31.8 Å². The number of ether oxygens (including phenoxy) is 1. The third-order valence-corrected chi connectivity index (χ3v) is 7.24. The molecule has 0 aliphatic carbocycles. The molecule has 3 aromatic heterocycles. The summed E-state index contributed by atoms with van der Waals surface area (Å²) in [6.07, 6.45) is 6.78. The minimum Gasteiger partial charge on any atom is -0.363 e. The first-order chi connectivity index (χ1) is 17.2. The van der Waals surface area contributed by atoms with Crippen LogP contribution in [0.5, 0.6) is 0 Å². The SMILES string of the molecule is C[C@H](Nc1cc(-c2ccn(COCC[Si](C)(C)C)n2)cc(Nc2cnccn2)n1)c1ccc(F)cc1. The van der Waals surface area contributed by atoms with Gasteiger partial charge in [0, 0.05) is 44.9 Å². The molecule has 0 aliphatic rings. The first-order valence-electron chi connectivity index (χ1n) is 11.9. The van der Waals surface area contributed by atoms with E-state index >= 15 is 0 Å². The van der Waals surface area contributed by atoms with Gasteiger partial charge in [0.1, 0.15) is 30.0 Å². The lowest BCUT2D eigenvalue weighted by atomic mass is 10.1. The van der Waals surface area contributed by atoms with Crippen molar-refractivity contribution in [3.63, 3.8) is 0 Å². The molecule has 0 radical (unpaired) electrons. The number of halogens is 1. The van der Waals surface area contributed by atoms with Crippen LogP contribution >= 0.6 is 0 Å². The Morgan fingerprint density at radius 1 is 1.03 bits per heavy atom. The van der Waals surface area contributed by atoms with Crippen molar-refractivity contribution in [2.45, 2.75) is 45.4 Å². The summed E-state index contributed by atoms with van der Waals surface area (Å²) in [7, 11) is -1.13. The maximum atomic E-state index is 13.4. The zero-order valence-corrected chi connectivity index (χ0v) is 22.1. The first kappa shape index (κ1) is 25.5. The monoisotopic (exact) mass is 505 g/mol. The number of benzene rings is 1. The minimum absolute atomic E-state index is 0.0879. The minimum atomic E-state index is -1.13. The standard InChI is InChI=1S/C26H32FN7OSi/c1-19(20-5-7-22(27)8-6-20)30-24-15-21(16-25(31-24)32-26-17-28-10-11-29-26)23-9-12-34(33-23)18-35-13-14-36(2,3)4/h5-12,15-17,19H,13-14,18H2,1-4H3,(H2,29,30,31,32)/t19-/m0/s1. The van der Waals surface area contributed by atoms with Gasteiger partial charge >= 0.3 is 0 Å². The van der Waals surface area contributed by atoms with Crippen LogP contribution in [-0.4, -0.2) is 39.4 Å². The molecule has 188 valence electrons. The lowest BCUT2D eigenvalue weighted by Gasteiger charge is -2.17. The van der Waals surface area contributed by atoms with Gasteiger partial charge in [0.25, 0.3) is 0 Å². The van der Waals surface area contributed by atoms with Crippen molar-refractivity contribution in [3.05, 3.63) is 78.6 Å². The second-order valence-corrected chi connectivity index (χ2v) is 15.5. The fraction of sp³-hybridized carbons (Fsp3) is 0.308. The quantitative estimate of drug-likeness (QED) is 0.188. The highest BCUT2D eigenvalue weighted by Crippen LogP contribution is 2.27. The van der Waals surface area contributed by atoms with Crippen LogP contribution in [0.2, 0.25) is 25.7 Å². The number of hydrogen-bond acceptors (Lipinski definition) is 7. The van der Waals surface area contributed by atoms with Crippen molar-refractivity contribution in [1.29, 1.82) is 0 Å². The molecule has 0 fully saturated rings. The largest absolute Gasteiger partial charge is 0.363 e. The Hall–Kier alpha value is -3.63. The van der Waals surface area contributed by atoms with E-state index in [9.17, 15) is 4.39 Å². The lowest BCUT2D eigenvalue weighted by Crippen LogP contribution is -2.22. The predicted molar refractivity (Wildman–Crippen MR) is 143 cm³/mol. The molecule has 0 spiro atoms. The van der Waals surface area contributed by atoms with E-state index in [4.69, 9.17) is 14.8 Å². The van der Waals surface area contributed by atoms with Gasteiger partial charge in [-0.05, 0) is 48.9 Å². The molecule has 10 heteroatoms. The zero-order chi connectivity index (χ0) is 25.5. The average molecular weight is 506 g/mol. The van der Waals surface area contributed by atoms with E-state index in [1.165, 1.54) is 12.1 Å². The summed E-state index contributed by atoms with van der Waals surface area (Å²) >= 11 is 0. The Bertz CT molecular complexity index is 1260. The number of pyridine rings is 1. The summed E-state index contributed by atoms with van der Waals surface area (Å²) in [6, 6.07) is 13.3. The maximum absolute atomic E-state index is 13.4. The Morgan fingerprint density at radius 2 is 1.81 bits per heavy atom. The number of anilines is 3. The van der Waals surface area contributed by atoms with Gasteiger partial charge in [0.05, 0.1) is 11.9 Å². The van der Waals surface area contributed by atoms with Gasteiger partial charge in [0.15, 0.2) is 0 Å². The van der Waals surface area contributed by atoms with E-state index in [0.29, 0.717) is 24.2 Å². The molecule has 2 N–H and O–H groups in total. The Labute approximate surface area is 212 Å². The molecular formula is C26H32FN7OSi. The van der Waals surface area contributed by atoms with Crippen molar-refractivity contribution in [2.24, 2.45) is 0 Å². The highest BCUT2D eigenvalue weighted by Gasteiger charge is 2.14. The number of rotatable bonds is 11. The normalized spacial score (nSPS) is 12.4. The summed E-state index contributed by atoms with van der Waals surface area (Å²) in [5, 5.41) is 11.3. The lowest BCUT2D eigenvalue weighted by molar-refractivity contribution is 0.0787. The molecule has 0 saturated carbocycles. The van der Waals surface area contributed by atoms with E-state index in [1.54, 1.807) is 35.4 Å². The summed E-state index contributed by atoms with van der Waals surface area (Å²) in [5.74, 6) is 1.57. The van der Waals surface area contributed by atoms with Crippen LogP contribution in [0.4, 0.5) is 21.8 Å². The van der Waals surface area contributed by atoms with Crippen LogP contribution < -0.4 is 10.6 Å². The van der Waals surface area contributed by atoms with E-state index in [-0.39, 0.29) is 11.9 Å². The topological polar surface area (TPSA) is 89.8 Å². The molecule has 8 nitrogen and oxygen atoms in total. The average Bonchev–Trinajstić information content (AvgIpc) is 3.31. The number of aromatic nitrogens is 5. The van der Waals surface area contributed by atoms with E-state index in [2.05, 4.69) is 40.2 Å². The fourth-order valence-electron chi connectivity index (χ4n) is 3.49. The number of nitrogens with one attached hydrogen (secondary N) is 2. The van der Waals surface area contributed by atoms with Crippen molar-refractivity contribution < 1.29 is 9.13 Å². The highest BCUT2D eigenvalue weighted by atomic mass is 28.3. The van der Waals surface area contributed by atoms with Gasteiger partial charge in [-0.15, -0.1) is 0 Å². The molecule has 0 unspecified atom stereocenters. The second kappa shape index (κ2) is 11.4. The molecule has 4 aromatic rings. The highest BCUT2D eigenvalue weighted by molar-refractivity contribution is 6.76. The van der Waals surface area contributed by atoms with Crippen molar-refractivity contribution in [2.75, 3.05) is 17.2 Å². The van der Waals surface area contributed by atoms with E-state index in [1.807, 2.05) is 31.3 Å². The Morgan fingerprint density at radius 3 is 2.53 bits per heavy atom. The predicted octanol–water partition coefficient (Wildman–Crippen LogP) is 6.10. The fourth-order valence-corrected chi connectivity index (χ4v) is 4.25. The van der Waals surface area contributed by atoms with E-state index < -0.39 is 8.07 Å². The second-order valence-electron chi connectivity index (χ2n) is 9.85. The van der Waals surface area contributed by atoms with Crippen LogP contribution in [0.3, 0.4) is 0 Å². The van der Waals surface area contributed by atoms with Crippen LogP contribution in [0, 0.1) is 5.82 Å². The smallest absolute Gasteiger partial charge is 0.150 e. The molecule has 36 heavy (non-hydrogen) atoms. The molecule has 1 atom stereocenters. The Balaban J connectivity index is 1.54. The first-order valence-corrected chi connectivity index (χ1v) is 15.6. The van der Waals surface area contributed by atoms with Crippen LogP contribution in [0.15, 0.2) is 67.3 Å². The van der Waals surface area contributed by atoms with Crippen LogP contribution in [-0.2, 0) is 11.5 Å². The number of nitrogens with zero attached hydrogens (tertiary/aromatic N) is 5. The van der Waals surface area contributed by atoms with E-state index in [0.717, 1.165) is 29.5 Å². The van der Waals surface area contributed by atoms with Crippen molar-refractivity contribution in [1.82, 2.24) is 24.7 Å². The van der Waals surface area contributed by atoms with Crippen molar-refractivity contribution in [3.8, 4) is 11.3 Å². The third-order valence-electron chi connectivity index (χ3n) is 5.54. The van der Waals surface area contributed by atoms with Gasteiger partial charge in [0.2, 0.25) is 0 Å². The summed E-state index contributed by atoms with van der Waals surface area (Å²) < 4.78 is 21.0. The maximum Gasteiger partial charge on any atom is 0.150 e. The van der Waals surface area contributed by atoms with Gasteiger partial charge in [-0.3, -0.25) is 4.98 Å². The Kier molecular flexibility index (Phi) is 8.06. The molecule has 0 saturated heterocycles. The van der Waals surface area contributed by atoms with Gasteiger partial charge in [-0.2, -0.15) is 5.10 Å². The molecule has 1 aromatic carbocycles. The van der Waals surface area contributed by atoms with Crippen LogP contribution in [0.1, 0.15) is 18.5 Å². The summed E-state index contributed by atoms with van der Waals surface area (Å²) in [5.41, 5.74) is 2.63. The zero-order valence-electron chi connectivity index (χ0n) is 21.1. The van der Waals surface area contributed by atoms with Gasteiger partial charge < -0.3 is 15.4 Å². The molecule has 3 heterocycles. The molecule has 0 amide bonds. The number of hydrogen-bond donors (Lipinski definition) is 2. The van der Waals surface area contributed by atoms with Gasteiger partial charge in [-0.25, -0.2) is 19.0 Å².